The van der Waals surface area contributed by atoms with Gasteiger partial charge in [0, 0.05) is 15.6 Å². The number of ether oxygens (including phenoxy) is 1. The maximum absolute atomic E-state index is 6.01. The van der Waals surface area contributed by atoms with Gasteiger partial charge in [-0.3, -0.25) is 0 Å². The van der Waals surface area contributed by atoms with Crippen molar-refractivity contribution < 1.29 is 4.74 Å². The van der Waals surface area contributed by atoms with E-state index in [4.69, 9.17) is 33.7 Å². The third-order valence-electron chi connectivity index (χ3n) is 2.50. The number of benzene rings is 1. The molecule has 0 saturated heterocycles. The highest BCUT2D eigenvalue weighted by Gasteiger charge is 2.15. The molecule has 0 radical (unpaired) electrons. The quantitative estimate of drug-likeness (QED) is 0.879. The molecule has 1 atom stereocenters. The molecular weight excluding hydrogens is 245 g/mol. The zero-order valence-corrected chi connectivity index (χ0v) is 11.1. The van der Waals surface area contributed by atoms with Gasteiger partial charge in [0.15, 0.2) is 0 Å². The molecule has 0 heterocycles. The highest BCUT2D eigenvalue weighted by atomic mass is 35.5. The molecule has 0 spiro atoms. The van der Waals surface area contributed by atoms with Gasteiger partial charge in [-0.05, 0) is 37.1 Å². The molecule has 0 aliphatic carbocycles. The van der Waals surface area contributed by atoms with Crippen LogP contribution in [0.5, 0.6) is 0 Å². The van der Waals surface area contributed by atoms with Crippen molar-refractivity contribution in [1.82, 2.24) is 0 Å². The van der Waals surface area contributed by atoms with Crippen molar-refractivity contribution in [1.29, 1.82) is 0 Å². The number of rotatable bonds is 5. The Hall–Kier alpha value is -0.280. The molecule has 0 aliphatic heterocycles. The first-order valence-electron chi connectivity index (χ1n) is 5.25. The molecule has 0 aromatic heterocycles. The molecule has 0 saturated carbocycles. The van der Waals surface area contributed by atoms with Crippen LogP contribution in [-0.4, -0.2) is 12.1 Å². The van der Waals surface area contributed by atoms with E-state index in [1.165, 1.54) is 0 Å². The molecule has 0 fully saturated rings. The fourth-order valence-electron chi connectivity index (χ4n) is 1.15. The van der Waals surface area contributed by atoms with Crippen molar-refractivity contribution in [2.75, 3.05) is 6.61 Å². The zero-order valence-electron chi connectivity index (χ0n) is 9.59. The molecular formula is C12H17Cl2NO. The highest BCUT2D eigenvalue weighted by Crippen LogP contribution is 2.21. The molecule has 16 heavy (non-hydrogen) atoms. The Morgan fingerprint density at radius 3 is 2.69 bits per heavy atom. The summed E-state index contributed by atoms with van der Waals surface area (Å²) >= 11 is 11.9. The molecule has 1 unspecified atom stereocenters. The van der Waals surface area contributed by atoms with E-state index in [1.54, 1.807) is 12.1 Å². The van der Waals surface area contributed by atoms with E-state index in [0.717, 1.165) is 12.0 Å². The number of hydrogen-bond donors (Lipinski definition) is 1. The van der Waals surface area contributed by atoms with Crippen LogP contribution in [0.2, 0.25) is 10.0 Å². The Kier molecular flexibility index (Phi) is 5.06. The molecule has 2 N–H and O–H groups in total. The second-order valence-electron chi connectivity index (χ2n) is 4.24. The summed E-state index contributed by atoms with van der Waals surface area (Å²) in [6, 6.07) is 5.33. The van der Waals surface area contributed by atoms with Crippen molar-refractivity contribution in [3.63, 3.8) is 0 Å². The average Bonchev–Trinajstić information content (AvgIpc) is 2.23. The number of nitrogens with two attached hydrogens (primary N) is 1. The van der Waals surface area contributed by atoms with Gasteiger partial charge >= 0.3 is 0 Å². The van der Waals surface area contributed by atoms with Gasteiger partial charge in [0.05, 0.1) is 13.2 Å². The maximum Gasteiger partial charge on any atom is 0.0732 e. The van der Waals surface area contributed by atoms with Crippen molar-refractivity contribution in [3.05, 3.63) is 33.8 Å². The first-order valence-corrected chi connectivity index (χ1v) is 6.01. The van der Waals surface area contributed by atoms with Crippen LogP contribution in [0.3, 0.4) is 0 Å². The Morgan fingerprint density at radius 1 is 1.38 bits per heavy atom. The minimum Gasteiger partial charge on any atom is -0.375 e. The van der Waals surface area contributed by atoms with Crippen molar-refractivity contribution in [2.24, 2.45) is 5.73 Å². The van der Waals surface area contributed by atoms with E-state index >= 15 is 0 Å². The largest absolute Gasteiger partial charge is 0.375 e. The van der Waals surface area contributed by atoms with Gasteiger partial charge < -0.3 is 10.5 Å². The molecule has 2 nitrogen and oxygen atoms in total. The summed E-state index contributed by atoms with van der Waals surface area (Å²) in [5, 5.41) is 1.33. The Bertz CT molecular complexity index is 353. The fraction of sp³-hybridized carbons (Fsp3) is 0.500. The van der Waals surface area contributed by atoms with Gasteiger partial charge in [0.25, 0.3) is 0 Å². The van der Waals surface area contributed by atoms with E-state index in [-0.39, 0.29) is 5.54 Å². The summed E-state index contributed by atoms with van der Waals surface area (Å²) in [4.78, 5) is 0. The monoisotopic (exact) mass is 261 g/mol. The summed E-state index contributed by atoms with van der Waals surface area (Å²) in [5.41, 5.74) is 6.57. The zero-order chi connectivity index (χ0) is 12.2. The molecule has 1 aromatic carbocycles. The summed E-state index contributed by atoms with van der Waals surface area (Å²) in [5.74, 6) is 0. The average molecular weight is 262 g/mol. The van der Waals surface area contributed by atoms with Crippen LogP contribution in [0.4, 0.5) is 0 Å². The molecule has 1 rings (SSSR count). The van der Waals surface area contributed by atoms with E-state index in [0.29, 0.717) is 23.3 Å². The molecule has 90 valence electrons. The molecule has 1 aromatic rings. The third kappa shape index (κ3) is 4.30. The van der Waals surface area contributed by atoms with Gasteiger partial charge in [-0.15, -0.1) is 0 Å². The Balaban J connectivity index is 2.52. The topological polar surface area (TPSA) is 35.2 Å². The van der Waals surface area contributed by atoms with E-state index in [2.05, 4.69) is 0 Å². The lowest BCUT2D eigenvalue weighted by Gasteiger charge is -2.22. The van der Waals surface area contributed by atoms with Gasteiger partial charge in [0.2, 0.25) is 0 Å². The van der Waals surface area contributed by atoms with E-state index in [1.807, 2.05) is 19.9 Å². The lowest BCUT2D eigenvalue weighted by molar-refractivity contribution is 0.0778. The first kappa shape index (κ1) is 13.8. The first-order chi connectivity index (χ1) is 7.44. The van der Waals surface area contributed by atoms with Crippen LogP contribution >= 0.6 is 23.2 Å². The van der Waals surface area contributed by atoms with Gasteiger partial charge in [0.1, 0.15) is 0 Å². The van der Waals surface area contributed by atoms with E-state index in [9.17, 15) is 0 Å². The molecule has 0 aliphatic rings. The van der Waals surface area contributed by atoms with Crippen LogP contribution in [0.25, 0.3) is 0 Å². The molecule has 0 amide bonds. The predicted octanol–water partition coefficient (Wildman–Crippen LogP) is 3.64. The smallest absolute Gasteiger partial charge is 0.0732 e. The second-order valence-corrected chi connectivity index (χ2v) is 5.08. The second kappa shape index (κ2) is 5.87. The summed E-state index contributed by atoms with van der Waals surface area (Å²) < 4.78 is 5.54. The number of hydrogen-bond acceptors (Lipinski definition) is 2. The van der Waals surface area contributed by atoms with Gasteiger partial charge in [-0.1, -0.05) is 30.1 Å². The van der Waals surface area contributed by atoms with Crippen molar-refractivity contribution in [2.45, 2.75) is 32.4 Å². The Labute approximate surface area is 107 Å². The van der Waals surface area contributed by atoms with Crippen LogP contribution < -0.4 is 5.73 Å². The molecule has 4 heteroatoms. The summed E-state index contributed by atoms with van der Waals surface area (Å²) in [6.07, 6.45) is 0.871. The van der Waals surface area contributed by atoms with Crippen molar-refractivity contribution >= 4 is 23.2 Å². The minimum atomic E-state index is -0.287. The van der Waals surface area contributed by atoms with Crippen LogP contribution in [-0.2, 0) is 11.3 Å². The van der Waals surface area contributed by atoms with Crippen molar-refractivity contribution in [3.8, 4) is 0 Å². The third-order valence-corrected chi connectivity index (χ3v) is 3.11. The maximum atomic E-state index is 6.01. The number of halogens is 2. The van der Waals surface area contributed by atoms with E-state index < -0.39 is 0 Å². The predicted molar refractivity (Wildman–Crippen MR) is 69.0 cm³/mol. The molecule has 0 bridgehead atoms. The summed E-state index contributed by atoms with van der Waals surface area (Å²) in [6.45, 7) is 4.95. The summed E-state index contributed by atoms with van der Waals surface area (Å²) in [7, 11) is 0. The highest BCUT2D eigenvalue weighted by molar-refractivity contribution is 6.33. The normalized spacial score (nSPS) is 14.8. The SMILES string of the molecule is CCC(C)(N)COCc1cc(Cl)ccc1Cl. The Morgan fingerprint density at radius 2 is 2.06 bits per heavy atom. The lowest BCUT2D eigenvalue weighted by atomic mass is 10.0. The van der Waals surface area contributed by atoms with Gasteiger partial charge in [-0.25, -0.2) is 0 Å². The van der Waals surface area contributed by atoms with Gasteiger partial charge in [-0.2, -0.15) is 0 Å². The fourth-order valence-corrected chi connectivity index (χ4v) is 1.52. The van der Waals surface area contributed by atoms with Crippen LogP contribution in [0.1, 0.15) is 25.8 Å². The lowest BCUT2D eigenvalue weighted by Crippen LogP contribution is -2.40. The van der Waals surface area contributed by atoms with Crippen LogP contribution in [0.15, 0.2) is 18.2 Å². The minimum absolute atomic E-state index is 0.287. The standard InChI is InChI=1S/C12H17Cl2NO/c1-3-12(2,15)8-16-7-9-6-10(13)4-5-11(9)14/h4-6H,3,7-8,15H2,1-2H3. The van der Waals surface area contributed by atoms with Crippen LogP contribution in [0, 0.1) is 0 Å².